The lowest BCUT2D eigenvalue weighted by Crippen LogP contribution is -2.13. The van der Waals surface area contributed by atoms with E-state index in [2.05, 4.69) is 10.6 Å². The van der Waals surface area contributed by atoms with Crippen molar-refractivity contribution in [2.75, 3.05) is 17.2 Å². The van der Waals surface area contributed by atoms with E-state index in [4.69, 9.17) is 21.7 Å². The van der Waals surface area contributed by atoms with E-state index in [1.807, 2.05) is 42.5 Å². The molecule has 0 aliphatic rings. The minimum Gasteiger partial charge on any atom is -0.466 e. The van der Waals surface area contributed by atoms with Crippen LogP contribution in [-0.2, 0) is 16.1 Å². The second kappa shape index (κ2) is 11.1. The van der Waals surface area contributed by atoms with Crippen LogP contribution in [0.3, 0.4) is 0 Å². The lowest BCUT2D eigenvalue weighted by atomic mass is 10.0. The van der Waals surface area contributed by atoms with Gasteiger partial charge in [-0.25, -0.2) is 0 Å². The van der Waals surface area contributed by atoms with E-state index in [0.29, 0.717) is 35.0 Å². The van der Waals surface area contributed by atoms with Crippen molar-refractivity contribution in [3.8, 4) is 0 Å². The molecule has 0 fully saturated rings. The molecule has 164 valence electrons. The minimum atomic E-state index is -0.413. The molecule has 3 rings (SSSR count). The number of rotatable bonds is 9. The van der Waals surface area contributed by atoms with Crippen LogP contribution in [0, 0.1) is 5.41 Å². The summed E-state index contributed by atoms with van der Waals surface area (Å²) in [5.41, 5.74) is 3.84. The summed E-state index contributed by atoms with van der Waals surface area (Å²) < 4.78 is 4.94. The van der Waals surface area contributed by atoms with Gasteiger partial charge in [-0.15, -0.1) is 0 Å². The van der Waals surface area contributed by atoms with Crippen LogP contribution < -0.4 is 10.6 Å². The third-order valence-electron chi connectivity index (χ3n) is 4.68. The van der Waals surface area contributed by atoms with Crippen LogP contribution in [0.1, 0.15) is 34.8 Å². The van der Waals surface area contributed by atoms with Crippen molar-refractivity contribution in [3.63, 3.8) is 0 Å². The topological polar surface area (TPSA) is 91.3 Å². The van der Waals surface area contributed by atoms with Gasteiger partial charge in [-0.3, -0.25) is 9.59 Å². The zero-order valence-electron chi connectivity index (χ0n) is 17.7. The summed E-state index contributed by atoms with van der Waals surface area (Å²) in [5.74, 6) is -0.620. The van der Waals surface area contributed by atoms with Crippen molar-refractivity contribution in [3.05, 3.63) is 94.5 Å². The van der Waals surface area contributed by atoms with Crippen LogP contribution in [0.2, 0.25) is 5.02 Å². The smallest absolute Gasteiger partial charge is 0.311 e. The standard InChI is InChI=1S/C25H24ClN3O3/c1-2-32-24(30)15-22(27)21-5-3-4-6-23(21)28-16-17-7-13-20(14-8-17)29-25(31)18-9-11-19(26)12-10-18/h3-14,27-28H,2,15-16H2,1H3,(H,29,31). The van der Waals surface area contributed by atoms with Gasteiger partial charge >= 0.3 is 5.97 Å². The Bertz CT molecular complexity index is 1100. The number of halogens is 1. The van der Waals surface area contributed by atoms with Crippen molar-refractivity contribution in [2.24, 2.45) is 0 Å². The molecule has 3 N–H and O–H groups in total. The van der Waals surface area contributed by atoms with E-state index >= 15 is 0 Å². The van der Waals surface area contributed by atoms with Gasteiger partial charge in [-0.05, 0) is 55.0 Å². The average molecular weight is 450 g/mol. The molecule has 3 aromatic rings. The summed E-state index contributed by atoms with van der Waals surface area (Å²) in [6, 6.07) is 21.6. The third kappa shape index (κ3) is 6.43. The maximum Gasteiger partial charge on any atom is 0.311 e. The molecule has 0 bridgehead atoms. The zero-order chi connectivity index (χ0) is 22.9. The molecule has 0 heterocycles. The minimum absolute atomic E-state index is 0.0749. The fourth-order valence-electron chi connectivity index (χ4n) is 3.06. The molecule has 0 atom stereocenters. The average Bonchev–Trinajstić information content (AvgIpc) is 2.79. The number of carbonyl (C=O) groups is 2. The predicted octanol–water partition coefficient (Wildman–Crippen LogP) is 5.53. The quantitative estimate of drug-likeness (QED) is 0.296. The molecule has 6 nitrogen and oxygen atoms in total. The Morgan fingerprint density at radius 3 is 2.34 bits per heavy atom. The maximum atomic E-state index is 12.3. The van der Waals surface area contributed by atoms with Crippen LogP contribution in [0.15, 0.2) is 72.8 Å². The number of para-hydroxylation sites is 1. The summed E-state index contributed by atoms with van der Waals surface area (Å²) in [7, 11) is 0. The molecule has 0 saturated heterocycles. The highest BCUT2D eigenvalue weighted by Crippen LogP contribution is 2.19. The Hall–Kier alpha value is -3.64. The first-order valence-corrected chi connectivity index (χ1v) is 10.6. The van der Waals surface area contributed by atoms with E-state index in [0.717, 1.165) is 11.3 Å². The van der Waals surface area contributed by atoms with Gasteiger partial charge in [0, 0.05) is 34.1 Å². The number of ether oxygens (including phenoxy) is 1. The van der Waals surface area contributed by atoms with Gasteiger partial charge < -0.3 is 20.8 Å². The monoisotopic (exact) mass is 449 g/mol. The largest absolute Gasteiger partial charge is 0.466 e. The highest BCUT2D eigenvalue weighted by molar-refractivity contribution is 6.30. The fourth-order valence-corrected chi connectivity index (χ4v) is 3.19. The fraction of sp³-hybridized carbons (Fsp3) is 0.160. The van der Waals surface area contributed by atoms with Crippen molar-refractivity contribution >= 4 is 40.6 Å². The van der Waals surface area contributed by atoms with E-state index in [-0.39, 0.29) is 18.0 Å². The summed E-state index contributed by atoms with van der Waals surface area (Å²) in [6.45, 7) is 2.56. The summed E-state index contributed by atoms with van der Waals surface area (Å²) in [4.78, 5) is 24.0. The number of carbonyl (C=O) groups excluding carboxylic acids is 2. The third-order valence-corrected chi connectivity index (χ3v) is 4.93. The second-order valence-corrected chi connectivity index (χ2v) is 7.45. The van der Waals surface area contributed by atoms with Crippen molar-refractivity contribution in [1.82, 2.24) is 0 Å². The van der Waals surface area contributed by atoms with Crippen LogP contribution in [0.5, 0.6) is 0 Å². The number of hydrogen-bond acceptors (Lipinski definition) is 5. The SMILES string of the molecule is CCOC(=O)CC(=N)c1ccccc1NCc1ccc(NC(=O)c2ccc(Cl)cc2)cc1. The molecule has 32 heavy (non-hydrogen) atoms. The van der Waals surface area contributed by atoms with E-state index in [1.54, 1.807) is 37.3 Å². The molecule has 7 heteroatoms. The first-order valence-electron chi connectivity index (χ1n) is 10.2. The first-order chi connectivity index (χ1) is 15.5. The first kappa shape index (κ1) is 23.0. The molecule has 0 radical (unpaired) electrons. The molecule has 0 aromatic heterocycles. The van der Waals surface area contributed by atoms with Crippen molar-refractivity contribution < 1.29 is 14.3 Å². The van der Waals surface area contributed by atoms with Crippen LogP contribution in [0.25, 0.3) is 0 Å². The number of anilines is 2. The summed E-state index contributed by atoms with van der Waals surface area (Å²) >= 11 is 5.86. The number of amides is 1. The lowest BCUT2D eigenvalue weighted by Gasteiger charge is -2.13. The highest BCUT2D eigenvalue weighted by Gasteiger charge is 2.12. The molecule has 1 amide bonds. The molecule has 0 spiro atoms. The Morgan fingerprint density at radius 1 is 0.969 bits per heavy atom. The van der Waals surface area contributed by atoms with Gasteiger partial charge in [0.1, 0.15) is 0 Å². The van der Waals surface area contributed by atoms with Gasteiger partial charge in [0.05, 0.1) is 18.7 Å². The molecule has 0 unspecified atom stereocenters. The molecular formula is C25H24ClN3O3. The molecule has 3 aromatic carbocycles. The van der Waals surface area contributed by atoms with Gasteiger partial charge in [0.2, 0.25) is 0 Å². The van der Waals surface area contributed by atoms with E-state index in [1.165, 1.54) is 0 Å². The summed E-state index contributed by atoms with van der Waals surface area (Å²) in [5, 5.41) is 15.0. The normalized spacial score (nSPS) is 10.3. The van der Waals surface area contributed by atoms with E-state index < -0.39 is 5.97 Å². The van der Waals surface area contributed by atoms with Crippen molar-refractivity contribution in [2.45, 2.75) is 19.9 Å². The number of benzene rings is 3. The lowest BCUT2D eigenvalue weighted by molar-refractivity contribution is -0.141. The zero-order valence-corrected chi connectivity index (χ0v) is 18.4. The Morgan fingerprint density at radius 2 is 1.66 bits per heavy atom. The van der Waals surface area contributed by atoms with Crippen molar-refractivity contribution in [1.29, 1.82) is 5.41 Å². The van der Waals surface area contributed by atoms with Crippen LogP contribution in [0.4, 0.5) is 11.4 Å². The Balaban J connectivity index is 1.60. The molecule has 0 saturated carbocycles. The summed E-state index contributed by atoms with van der Waals surface area (Å²) in [6.07, 6.45) is -0.0749. The van der Waals surface area contributed by atoms with Gasteiger partial charge in [-0.1, -0.05) is 41.9 Å². The molecular weight excluding hydrogens is 426 g/mol. The van der Waals surface area contributed by atoms with E-state index in [9.17, 15) is 9.59 Å². The molecule has 0 aliphatic heterocycles. The Kier molecular flexibility index (Phi) is 8.00. The second-order valence-electron chi connectivity index (χ2n) is 7.02. The molecule has 0 aliphatic carbocycles. The predicted molar refractivity (Wildman–Crippen MR) is 128 cm³/mol. The van der Waals surface area contributed by atoms with Gasteiger partial charge in [0.15, 0.2) is 0 Å². The number of nitrogens with one attached hydrogen (secondary N) is 3. The van der Waals surface area contributed by atoms with Crippen LogP contribution >= 0.6 is 11.6 Å². The maximum absolute atomic E-state index is 12.3. The van der Waals surface area contributed by atoms with Crippen LogP contribution in [-0.4, -0.2) is 24.2 Å². The van der Waals surface area contributed by atoms with Gasteiger partial charge in [0.25, 0.3) is 5.91 Å². The number of esters is 1. The highest BCUT2D eigenvalue weighted by atomic mass is 35.5. The number of hydrogen-bond donors (Lipinski definition) is 3. The van der Waals surface area contributed by atoms with Gasteiger partial charge in [-0.2, -0.15) is 0 Å². The Labute approximate surface area is 192 Å².